The van der Waals surface area contributed by atoms with Gasteiger partial charge in [-0.05, 0) is 12.8 Å². The molecule has 2 unspecified atom stereocenters. The molecule has 0 saturated carbocycles. The molecule has 1 N–H and O–H groups in total. The van der Waals surface area contributed by atoms with Crippen molar-refractivity contribution in [3.8, 4) is 0 Å². The molecule has 0 aromatic carbocycles. The summed E-state index contributed by atoms with van der Waals surface area (Å²) in [6, 6.07) is 1.19. The summed E-state index contributed by atoms with van der Waals surface area (Å²) in [6.07, 6.45) is -0.601. The van der Waals surface area contributed by atoms with Crippen LogP contribution in [0.1, 0.15) is 19.1 Å². The molecule has 1 aliphatic rings. The molecular formula is C17H27N4O11P. The Kier molecular flexibility index (Phi) is 9.61. The predicted molar refractivity (Wildman–Crippen MR) is 110 cm³/mol. The molecule has 186 valence electrons. The molecule has 0 spiro atoms. The topological polar surface area (TPSA) is 168 Å². The van der Waals surface area contributed by atoms with Gasteiger partial charge in [-0.25, -0.2) is 28.0 Å². The number of amides is 2. The first kappa shape index (κ1) is 26.5. The van der Waals surface area contributed by atoms with Gasteiger partial charge in [0, 0.05) is 40.5 Å². The number of aromatic nitrogens is 2. The maximum atomic E-state index is 12.9. The highest BCUT2D eigenvalue weighted by molar-refractivity contribution is 7.48. The highest BCUT2D eigenvalue weighted by Crippen LogP contribution is 2.50. The van der Waals surface area contributed by atoms with Crippen LogP contribution in [0.5, 0.6) is 0 Å². The van der Waals surface area contributed by atoms with Crippen LogP contribution in [-0.2, 0) is 32.3 Å². The molecule has 33 heavy (non-hydrogen) atoms. The van der Waals surface area contributed by atoms with Gasteiger partial charge in [0.05, 0.1) is 12.7 Å². The molecule has 2 heterocycles. The molecule has 1 saturated heterocycles. The van der Waals surface area contributed by atoms with Crippen molar-refractivity contribution in [2.45, 2.75) is 25.2 Å². The van der Waals surface area contributed by atoms with Crippen LogP contribution in [0.3, 0.4) is 0 Å². The first-order valence-electron chi connectivity index (χ1n) is 9.69. The van der Waals surface area contributed by atoms with Gasteiger partial charge in [-0.3, -0.25) is 18.9 Å². The van der Waals surface area contributed by atoms with Gasteiger partial charge >= 0.3 is 25.7 Å². The quantitative estimate of drug-likeness (QED) is 0.359. The smallest absolute Gasteiger partial charge is 0.422 e. The number of rotatable bonds is 10. The summed E-state index contributed by atoms with van der Waals surface area (Å²) < 4.78 is 44.6. The lowest BCUT2D eigenvalue weighted by Crippen LogP contribution is -2.31. The highest BCUT2D eigenvalue weighted by Gasteiger charge is 2.33. The van der Waals surface area contributed by atoms with E-state index in [9.17, 15) is 23.7 Å². The molecule has 2 atom stereocenters. The third-order valence-corrected chi connectivity index (χ3v) is 5.49. The number of aromatic amines is 1. The zero-order valence-corrected chi connectivity index (χ0v) is 19.5. The zero-order valence-electron chi connectivity index (χ0n) is 18.6. The van der Waals surface area contributed by atoms with Gasteiger partial charge in [-0.1, -0.05) is 0 Å². The lowest BCUT2D eigenvalue weighted by molar-refractivity contribution is -0.0461. The van der Waals surface area contributed by atoms with Crippen LogP contribution in [0.4, 0.5) is 9.59 Å². The third kappa shape index (κ3) is 8.29. The predicted octanol–water partition coefficient (Wildman–Crippen LogP) is 0.684. The van der Waals surface area contributed by atoms with Gasteiger partial charge in [0.15, 0.2) is 0 Å². The van der Waals surface area contributed by atoms with Crippen molar-refractivity contribution in [2.24, 2.45) is 0 Å². The molecule has 1 aromatic rings. The lowest BCUT2D eigenvalue weighted by Gasteiger charge is -2.21. The summed E-state index contributed by atoms with van der Waals surface area (Å²) in [4.78, 5) is 50.5. The number of nitrogens with one attached hydrogen (secondary N) is 1. The summed E-state index contributed by atoms with van der Waals surface area (Å²) in [7, 11) is 1.43. The zero-order chi connectivity index (χ0) is 24.6. The summed E-state index contributed by atoms with van der Waals surface area (Å²) >= 11 is 0. The van der Waals surface area contributed by atoms with E-state index >= 15 is 0 Å². The normalized spacial score (nSPS) is 18.1. The second-order valence-corrected chi connectivity index (χ2v) is 8.82. The van der Waals surface area contributed by atoms with Gasteiger partial charge in [0.1, 0.15) is 6.23 Å². The number of nitrogens with zero attached hydrogens (tertiary/aromatic N) is 3. The van der Waals surface area contributed by atoms with E-state index < -0.39 is 57.2 Å². The molecule has 1 aliphatic heterocycles. The third-order valence-electron chi connectivity index (χ3n) is 4.18. The van der Waals surface area contributed by atoms with E-state index in [1.54, 1.807) is 0 Å². The second-order valence-electron chi connectivity index (χ2n) is 7.15. The van der Waals surface area contributed by atoms with Crippen LogP contribution < -0.4 is 11.2 Å². The van der Waals surface area contributed by atoms with E-state index in [1.165, 1.54) is 45.0 Å². The summed E-state index contributed by atoms with van der Waals surface area (Å²) in [6.45, 7) is -1.77. The fraction of sp³-hybridized carbons (Fsp3) is 0.647. The fourth-order valence-electron chi connectivity index (χ4n) is 2.50. The first-order chi connectivity index (χ1) is 15.5. The fourth-order valence-corrected chi connectivity index (χ4v) is 3.43. The van der Waals surface area contributed by atoms with Crippen molar-refractivity contribution in [1.82, 2.24) is 19.4 Å². The van der Waals surface area contributed by atoms with E-state index in [4.69, 9.17) is 27.8 Å². The van der Waals surface area contributed by atoms with Crippen LogP contribution >= 0.6 is 7.82 Å². The molecule has 2 rings (SSSR count). The van der Waals surface area contributed by atoms with Gasteiger partial charge in [0.25, 0.3) is 5.56 Å². The van der Waals surface area contributed by atoms with Crippen molar-refractivity contribution in [1.29, 1.82) is 0 Å². The Hall–Kier alpha value is -2.71. The maximum absolute atomic E-state index is 12.9. The van der Waals surface area contributed by atoms with E-state index in [0.29, 0.717) is 12.8 Å². The maximum Gasteiger partial charge on any atom is 0.480 e. The standard InChI is InChI=1S/C17H27N4O11P/c1-19(2)16(24)27-10-30-33(26,31-11-28-17(25)20(3)4)29-9-12-5-6-14(32-12)21-8-7-13(22)18-15(21)23/h7-8,12,14H,5-6,9-11H2,1-4H3,(H,18,22,23). The van der Waals surface area contributed by atoms with Crippen molar-refractivity contribution in [3.63, 3.8) is 0 Å². The Balaban J connectivity index is 1.94. The molecular weight excluding hydrogens is 467 g/mol. The average molecular weight is 494 g/mol. The molecule has 2 amide bonds. The van der Waals surface area contributed by atoms with Gasteiger partial charge < -0.3 is 24.0 Å². The van der Waals surface area contributed by atoms with Crippen LogP contribution in [0.25, 0.3) is 0 Å². The number of phosphoric acid groups is 1. The van der Waals surface area contributed by atoms with Crippen molar-refractivity contribution >= 4 is 20.0 Å². The van der Waals surface area contributed by atoms with E-state index in [-0.39, 0.29) is 6.61 Å². The Morgan fingerprint density at radius 3 is 2.15 bits per heavy atom. The number of ether oxygens (including phenoxy) is 3. The van der Waals surface area contributed by atoms with E-state index in [2.05, 4.69) is 4.98 Å². The number of H-pyrrole nitrogens is 1. The van der Waals surface area contributed by atoms with Crippen molar-refractivity contribution < 1.29 is 41.9 Å². The SMILES string of the molecule is CN(C)C(=O)OCOP(=O)(OCOC(=O)N(C)C)OCC1CCC(n2ccc(=O)[nH]c2=O)O1. The monoisotopic (exact) mass is 494 g/mol. The summed E-state index contributed by atoms with van der Waals surface area (Å²) in [5.41, 5.74) is -1.16. The van der Waals surface area contributed by atoms with Crippen LogP contribution in [0, 0.1) is 0 Å². The Bertz CT molecular complexity index is 946. The van der Waals surface area contributed by atoms with Gasteiger partial charge in [0.2, 0.25) is 13.6 Å². The van der Waals surface area contributed by atoms with Crippen LogP contribution in [0.2, 0.25) is 0 Å². The highest BCUT2D eigenvalue weighted by atomic mass is 31.2. The Morgan fingerprint density at radius 1 is 1.06 bits per heavy atom. The molecule has 16 heteroatoms. The van der Waals surface area contributed by atoms with Gasteiger partial charge in [-0.2, -0.15) is 0 Å². The minimum absolute atomic E-state index is 0.269. The van der Waals surface area contributed by atoms with Crippen molar-refractivity contribution in [2.75, 3.05) is 48.4 Å². The Labute approximate surface area is 188 Å². The van der Waals surface area contributed by atoms with E-state index in [0.717, 1.165) is 9.80 Å². The van der Waals surface area contributed by atoms with Crippen LogP contribution in [-0.4, -0.2) is 86.0 Å². The average Bonchev–Trinajstić information content (AvgIpc) is 3.21. The molecule has 1 fully saturated rings. The number of carbonyl (C=O) groups is 2. The molecule has 0 bridgehead atoms. The largest absolute Gasteiger partial charge is 0.480 e. The number of hydrogen-bond donors (Lipinski definition) is 1. The minimum atomic E-state index is -4.34. The lowest BCUT2D eigenvalue weighted by atomic mass is 10.2. The van der Waals surface area contributed by atoms with E-state index in [1.807, 2.05) is 0 Å². The number of phosphoric ester groups is 1. The molecule has 1 aromatic heterocycles. The minimum Gasteiger partial charge on any atom is -0.422 e. The number of carbonyl (C=O) groups excluding carboxylic acids is 2. The summed E-state index contributed by atoms with van der Waals surface area (Å²) in [5, 5.41) is 0. The van der Waals surface area contributed by atoms with Gasteiger partial charge in [-0.15, -0.1) is 0 Å². The number of hydrogen-bond acceptors (Lipinski definition) is 11. The Morgan fingerprint density at radius 2 is 1.64 bits per heavy atom. The summed E-state index contributed by atoms with van der Waals surface area (Å²) in [5.74, 6) is 0. The van der Waals surface area contributed by atoms with Crippen LogP contribution in [0.15, 0.2) is 21.9 Å². The molecule has 0 radical (unpaired) electrons. The first-order valence-corrected chi connectivity index (χ1v) is 11.2. The second kappa shape index (κ2) is 12.0. The molecule has 15 nitrogen and oxygen atoms in total. The van der Waals surface area contributed by atoms with Crippen molar-refractivity contribution in [3.05, 3.63) is 33.1 Å². The molecule has 0 aliphatic carbocycles.